The minimum absolute atomic E-state index is 0.280. The van der Waals surface area contributed by atoms with Gasteiger partial charge in [-0.3, -0.25) is 4.79 Å². The van der Waals surface area contributed by atoms with Crippen LogP contribution in [0.5, 0.6) is 0 Å². The molecule has 0 radical (unpaired) electrons. The number of benzene rings is 2. The van der Waals surface area contributed by atoms with Crippen molar-refractivity contribution in [1.82, 2.24) is 14.6 Å². The lowest BCUT2D eigenvalue weighted by Gasteiger charge is -1.95. The second kappa shape index (κ2) is 7.00. The first-order valence-corrected chi connectivity index (χ1v) is 10.6. The van der Waals surface area contributed by atoms with E-state index in [1.54, 1.807) is 30.3 Å². The van der Waals surface area contributed by atoms with E-state index in [1.165, 1.54) is 28.0 Å². The van der Waals surface area contributed by atoms with Gasteiger partial charge in [-0.25, -0.2) is 4.39 Å². The average Bonchev–Trinajstić information content (AvgIpc) is 3.55. The predicted octanol–water partition coefficient (Wildman–Crippen LogP) is 4.82. The molecule has 0 aliphatic heterocycles. The maximum absolute atomic E-state index is 13.1. The molecule has 8 heteroatoms. The van der Waals surface area contributed by atoms with Crippen LogP contribution in [0.3, 0.4) is 0 Å². The summed E-state index contributed by atoms with van der Waals surface area (Å²) in [6.45, 7) is 1.95. The number of thiazole rings is 1. The Balaban J connectivity index is 1.39. The van der Waals surface area contributed by atoms with Gasteiger partial charge in [0.2, 0.25) is 10.8 Å². The number of aryl methyl sites for hydroxylation is 1. The fourth-order valence-corrected chi connectivity index (χ4v) is 4.53. The SMILES string of the molecule is Cc1c(-c2nc3s/c(=C\c4ccc(-c5ccc(F)cc5)o4)c(=O)n3n2)oc2ccccc12. The van der Waals surface area contributed by atoms with Crippen LogP contribution in [0, 0.1) is 12.7 Å². The molecule has 0 aliphatic carbocycles. The monoisotopic (exact) mass is 443 g/mol. The Morgan fingerprint density at radius 2 is 1.84 bits per heavy atom. The summed E-state index contributed by atoms with van der Waals surface area (Å²) in [6, 6.07) is 17.3. The molecule has 156 valence electrons. The first kappa shape index (κ1) is 18.7. The number of furan rings is 2. The molecule has 32 heavy (non-hydrogen) atoms. The lowest BCUT2D eigenvalue weighted by molar-refractivity contribution is 0.571. The van der Waals surface area contributed by atoms with Crippen molar-refractivity contribution < 1.29 is 13.2 Å². The lowest BCUT2D eigenvalue weighted by atomic mass is 10.1. The van der Waals surface area contributed by atoms with E-state index in [2.05, 4.69) is 10.1 Å². The summed E-state index contributed by atoms with van der Waals surface area (Å²) in [5.41, 5.74) is 2.16. The third kappa shape index (κ3) is 2.96. The van der Waals surface area contributed by atoms with Crippen molar-refractivity contribution in [3.05, 3.63) is 92.7 Å². The van der Waals surface area contributed by atoms with Gasteiger partial charge in [-0.15, -0.1) is 5.10 Å². The van der Waals surface area contributed by atoms with Crippen LogP contribution in [0.25, 0.3) is 44.9 Å². The number of fused-ring (bicyclic) bond motifs is 2. The summed E-state index contributed by atoms with van der Waals surface area (Å²) >= 11 is 1.22. The van der Waals surface area contributed by atoms with Crippen molar-refractivity contribution in [3.63, 3.8) is 0 Å². The van der Waals surface area contributed by atoms with Crippen LogP contribution < -0.4 is 10.1 Å². The zero-order chi connectivity index (χ0) is 21.8. The van der Waals surface area contributed by atoms with Crippen LogP contribution in [-0.4, -0.2) is 14.6 Å². The largest absolute Gasteiger partial charge is 0.457 e. The molecule has 0 amide bonds. The van der Waals surface area contributed by atoms with Gasteiger partial charge in [-0.1, -0.05) is 29.5 Å². The number of hydrogen-bond acceptors (Lipinski definition) is 6. The van der Waals surface area contributed by atoms with E-state index < -0.39 is 0 Å². The minimum Gasteiger partial charge on any atom is -0.457 e. The van der Waals surface area contributed by atoms with E-state index in [4.69, 9.17) is 8.83 Å². The Hall–Kier alpha value is -4.04. The fourth-order valence-electron chi connectivity index (χ4n) is 3.65. The first-order chi connectivity index (χ1) is 15.6. The highest BCUT2D eigenvalue weighted by Crippen LogP contribution is 2.31. The topological polar surface area (TPSA) is 73.5 Å². The van der Waals surface area contributed by atoms with Gasteiger partial charge in [0.15, 0.2) is 5.76 Å². The highest BCUT2D eigenvalue weighted by molar-refractivity contribution is 7.15. The van der Waals surface area contributed by atoms with E-state index in [1.807, 2.05) is 31.2 Å². The van der Waals surface area contributed by atoms with Gasteiger partial charge in [-0.2, -0.15) is 9.50 Å². The van der Waals surface area contributed by atoms with Crippen molar-refractivity contribution in [2.75, 3.05) is 0 Å². The van der Waals surface area contributed by atoms with Crippen LogP contribution in [0.1, 0.15) is 11.3 Å². The highest BCUT2D eigenvalue weighted by Gasteiger charge is 2.19. The molecule has 2 aromatic carbocycles. The van der Waals surface area contributed by atoms with Crippen LogP contribution in [0.15, 0.2) is 74.3 Å². The zero-order valence-corrected chi connectivity index (χ0v) is 17.5. The van der Waals surface area contributed by atoms with Crippen LogP contribution in [0.4, 0.5) is 4.39 Å². The van der Waals surface area contributed by atoms with Gasteiger partial charge >= 0.3 is 0 Å². The molecule has 0 saturated heterocycles. The zero-order valence-electron chi connectivity index (χ0n) is 16.7. The van der Waals surface area contributed by atoms with Crippen molar-refractivity contribution in [1.29, 1.82) is 0 Å². The third-order valence-corrected chi connectivity index (χ3v) is 6.22. The molecule has 4 heterocycles. The molecule has 0 atom stereocenters. The molecule has 6 aromatic rings. The third-order valence-electron chi connectivity index (χ3n) is 5.26. The molecule has 0 unspecified atom stereocenters. The molecule has 0 saturated carbocycles. The van der Waals surface area contributed by atoms with Crippen molar-refractivity contribution in [3.8, 4) is 22.9 Å². The summed E-state index contributed by atoms with van der Waals surface area (Å²) in [5, 5.41) is 5.38. The number of aromatic nitrogens is 3. The van der Waals surface area contributed by atoms with Crippen LogP contribution >= 0.6 is 11.3 Å². The van der Waals surface area contributed by atoms with Gasteiger partial charge < -0.3 is 8.83 Å². The molecular weight excluding hydrogens is 429 g/mol. The summed E-state index contributed by atoms with van der Waals surface area (Å²) in [4.78, 5) is 17.9. The Morgan fingerprint density at radius 1 is 1.03 bits per heavy atom. The summed E-state index contributed by atoms with van der Waals surface area (Å²) < 4.78 is 26.6. The van der Waals surface area contributed by atoms with E-state index >= 15 is 0 Å². The maximum Gasteiger partial charge on any atom is 0.291 e. The van der Waals surface area contributed by atoms with Crippen molar-refractivity contribution in [2.24, 2.45) is 0 Å². The molecule has 0 spiro atoms. The number of halogens is 1. The number of hydrogen-bond donors (Lipinski definition) is 0. The van der Waals surface area contributed by atoms with Crippen molar-refractivity contribution in [2.45, 2.75) is 6.92 Å². The molecule has 0 N–H and O–H groups in total. The molecule has 0 fully saturated rings. The summed E-state index contributed by atoms with van der Waals surface area (Å²) in [6.07, 6.45) is 1.66. The summed E-state index contributed by atoms with van der Waals surface area (Å²) in [5.74, 6) is 1.73. The quantitative estimate of drug-likeness (QED) is 0.392. The van der Waals surface area contributed by atoms with Gasteiger partial charge in [0.1, 0.15) is 27.5 Å². The maximum atomic E-state index is 13.1. The normalized spacial score (nSPS) is 12.4. The molecular formula is C24H14FN3O3S. The molecule has 0 bridgehead atoms. The van der Waals surface area contributed by atoms with E-state index in [9.17, 15) is 9.18 Å². The highest BCUT2D eigenvalue weighted by atomic mass is 32.1. The lowest BCUT2D eigenvalue weighted by Crippen LogP contribution is -2.23. The second-order valence-corrected chi connectivity index (χ2v) is 8.32. The standard InChI is InChI=1S/C24H14FN3O3S/c1-13-17-4-2-3-5-19(17)31-21(13)22-26-24-28(27-22)23(29)20(32-24)12-16-10-11-18(30-16)14-6-8-15(25)9-7-14/h2-12H,1H3/b20-12-. The van der Waals surface area contributed by atoms with Gasteiger partial charge in [0.25, 0.3) is 5.56 Å². The Kier molecular flexibility index (Phi) is 4.09. The van der Waals surface area contributed by atoms with Gasteiger partial charge in [0, 0.05) is 22.6 Å². The van der Waals surface area contributed by atoms with E-state index in [-0.39, 0.29) is 11.4 Å². The Morgan fingerprint density at radius 3 is 2.62 bits per heavy atom. The van der Waals surface area contributed by atoms with Crippen LogP contribution in [0.2, 0.25) is 0 Å². The Bertz CT molecular complexity index is 1720. The smallest absolute Gasteiger partial charge is 0.291 e. The number of nitrogens with zero attached hydrogens (tertiary/aromatic N) is 3. The first-order valence-electron chi connectivity index (χ1n) is 9.82. The van der Waals surface area contributed by atoms with E-state index in [0.29, 0.717) is 32.6 Å². The molecule has 6 nitrogen and oxygen atoms in total. The Labute approximate surface area is 183 Å². The van der Waals surface area contributed by atoms with Gasteiger partial charge in [0.05, 0.1) is 0 Å². The second-order valence-electron chi connectivity index (χ2n) is 7.31. The fraction of sp³-hybridized carbons (Fsp3) is 0.0417. The van der Waals surface area contributed by atoms with Crippen molar-refractivity contribution >= 4 is 33.3 Å². The predicted molar refractivity (Wildman–Crippen MR) is 120 cm³/mol. The van der Waals surface area contributed by atoms with Crippen LogP contribution in [-0.2, 0) is 0 Å². The number of rotatable bonds is 3. The summed E-state index contributed by atoms with van der Waals surface area (Å²) in [7, 11) is 0. The molecule has 4 aromatic heterocycles. The molecule has 0 aliphatic rings. The van der Waals surface area contributed by atoms with Gasteiger partial charge in [-0.05, 0) is 49.4 Å². The number of para-hydroxylation sites is 1. The average molecular weight is 443 g/mol. The minimum atomic E-state index is -0.310. The molecule has 6 rings (SSSR count). The van der Waals surface area contributed by atoms with E-state index in [0.717, 1.165) is 22.1 Å².